The van der Waals surface area contributed by atoms with Crippen molar-refractivity contribution in [3.8, 4) is 17.2 Å². The predicted molar refractivity (Wildman–Crippen MR) is 98.6 cm³/mol. The van der Waals surface area contributed by atoms with E-state index in [1.165, 1.54) is 24.1 Å². The van der Waals surface area contributed by atoms with Crippen molar-refractivity contribution in [2.45, 2.75) is 37.4 Å². The molecule has 1 aromatic carbocycles. The Morgan fingerprint density at radius 3 is 2.48 bits per heavy atom. The maximum atomic E-state index is 13.4. The summed E-state index contributed by atoms with van der Waals surface area (Å²) in [7, 11) is -2.76. The number of carbonyl (C=O) groups is 1. The first kappa shape index (κ1) is 22.5. The summed E-state index contributed by atoms with van der Waals surface area (Å²) in [6.45, 7) is 1.53. The normalized spacial score (nSPS) is 11.9. The molecule has 0 spiro atoms. The smallest absolute Gasteiger partial charge is 0.416 e. The number of nitrogens with zero attached hydrogens (tertiary/aromatic N) is 2. The summed E-state index contributed by atoms with van der Waals surface area (Å²) in [5.41, 5.74) is -1.11. The molecule has 10 heteroatoms. The monoisotopic (exact) mass is 428 g/mol. The van der Waals surface area contributed by atoms with Crippen molar-refractivity contribution in [1.29, 1.82) is 5.26 Å². The highest BCUT2D eigenvalue weighted by Crippen LogP contribution is 2.36. The molecule has 0 amide bonds. The lowest BCUT2D eigenvalue weighted by Crippen LogP contribution is -2.11. The quantitative estimate of drug-likeness (QED) is 0.626. The van der Waals surface area contributed by atoms with E-state index in [4.69, 9.17) is 0 Å². The number of unbranched alkanes of at least 4 members (excludes halogenated alkanes) is 1. The molecule has 0 N–H and O–H groups in total. The van der Waals surface area contributed by atoms with E-state index >= 15 is 0 Å². The Kier molecular flexibility index (Phi) is 6.74. The van der Waals surface area contributed by atoms with Gasteiger partial charge in [0.05, 0.1) is 28.9 Å². The van der Waals surface area contributed by atoms with Crippen molar-refractivity contribution in [2.24, 2.45) is 0 Å². The molecule has 1 aromatic heterocycles. The molecule has 2 aromatic rings. The summed E-state index contributed by atoms with van der Waals surface area (Å²) in [5, 5.41) is 9.34. The number of rotatable bonds is 7. The van der Waals surface area contributed by atoms with Crippen molar-refractivity contribution in [3.05, 3.63) is 41.7 Å². The number of alkyl halides is 3. The van der Waals surface area contributed by atoms with Crippen LogP contribution in [0.4, 0.5) is 13.2 Å². The molecule has 0 radical (unpaired) electrons. The highest BCUT2D eigenvalue weighted by molar-refractivity contribution is 7.91. The van der Waals surface area contributed by atoms with Crippen LogP contribution in [0.15, 0.2) is 35.5 Å². The third-order valence-corrected chi connectivity index (χ3v) is 5.99. The van der Waals surface area contributed by atoms with E-state index in [9.17, 15) is 31.6 Å². The van der Waals surface area contributed by atoms with Gasteiger partial charge in [0.1, 0.15) is 12.6 Å². The van der Waals surface area contributed by atoms with Crippen LogP contribution >= 0.6 is 0 Å². The molecule has 0 aliphatic rings. The van der Waals surface area contributed by atoms with E-state index in [0.717, 1.165) is 12.1 Å². The first-order valence-electron chi connectivity index (χ1n) is 8.64. The molecule has 0 aliphatic carbocycles. The molecular formula is C19H19F3N2O4S. The summed E-state index contributed by atoms with van der Waals surface area (Å²) in [6, 6.07) is 4.37. The fraction of sp³-hybridized carbons (Fsp3) is 0.368. The van der Waals surface area contributed by atoms with Crippen LogP contribution in [-0.2, 0) is 32.1 Å². The Morgan fingerprint density at radius 2 is 1.93 bits per heavy atom. The van der Waals surface area contributed by atoms with Crippen LogP contribution in [0.25, 0.3) is 11.1 Å². The van der Waals surface area contributed by atoms with Crippen LogP contribution in [0.3, 0.4) is 0 Å². The van der Waals surface area contributed by atoms with Crippen LogP contribution < -0.4 is 0 Å². The van der Waals surface area contributed by atoms with Gasteiger partial charge in [-0.05, 0) is 30.2 Å². The number of benzene rings is 1. The fourth-order valence-electron chi connectivity index (χ4n) is 2.68. The van der Waals surface area contributed by atoms with Crippen LogP contribution in [0.2, 0.25) is 0 Å². The van der Waals surface area contributed by atoms with E-state index in [1.54, 1.807) is 6.92 Å². The molecule has 2 rings (SSSR count). The molecule has 1 heterocycles. The number of sulfone groups is 1. The Hall–Kier alpha value is -2.80. The van der Waals surface area contributed by atoms with E-state index in [0.29, 0.717) is 18.9 Å². The Labute approximate surface area is 166 Å². The summed E-state index contributed by atoms with van der Waals surface area (Å²) < 4.78 is 71.0. The predicted octanol–water partition coefficient (Wildman–Crippen LogP) is 3.79. The van der Waals surface area contributed by atoms with Gasteiger partial charge in [0, 0.05) is 18.0 Å². The Balaban J connectivity index is 2.65. The molecule has 0 saturated carbocycles. The average Bonchev–Trinajstić information content (AvgIpc) is 3.08. The third-order valence-electron chi connectivity index (χ3n) is 4.21. The number of ether oxygens (including phenoxy) is 1. The van der Waals surface area contributed by atoms with Crippen molar-refractivity contribution in [2.75, 3.05) is 12.9 Å². The lowest BCUT2D eigenvalue weighted by molar-refractivity contribution is -0.141. The van der Waals surface area contributed by atoms with Gasteiger partial charge in [0.15, 0.2) is 9.84 Å². The minimum atomic E-state index is -4.77. The number of hydrogen-bond donors (Lipinski definition) is 0. The van der Waals surface area contributed by atoms with Crippen LogP contribution in [0, 0.1) is 11.3 Å². The maximum absolute atomic E-state index is 13.4. The van der Waals surface area contributed by atoms with Crippen LogP contribution in [0.5, 0.6) is 0 Å². The molecule has 0 aliphatic heterocycles. The van der Waals surface area contributed by atoms with Gasteiger partial charge in [-0.1, -0.05) is 13.3 Å². The highest BCUT2D eigenvalue weighted by Gasteiger charge is 2.33. The van der Waals surface area contributed by atoms with Crippen LogP contribution in [-0.4, -0.2) is 31.8 Å². The lowest BCUT2D eigenvalue weighted by atomic mass is 10.0. The molecule has 0 atom stereocenters. The second kappa shape index (κ2) is 8.69. The standard InChI is InChI=1S/C19H19F3N2O4S/c1-3-4-5-29(26,27)16-7-13(6-15(8-16)19(20,21)22)17-11-24(10-14(17)9-23)12-18(25)28-2/h6-8,10-11H,3-5,12H2,1-2H3. The minimum absolute atomic E-state index is 0.00475. The maximum Gasteiger partial charge on any atom is 0.416 e. The molecule has 6 nitrogen and oxygen atoms in total. The van der Waals surface area contributed by atoms with Gasteiger partial charge in [-0.25, -0.2) is 8.42 Å². The third kappa shape index (κ3) is 5.38. The summed E-state index contributed by atoms with van der Waals surface area (Å²) in [5.74, 6) is -0.887. The number of carbonyl (C=O) groups excluding carboxylic acids is 1. The second-order valence-electron chi connectivity index (χ2n) is 6.36. The molecule has 0 fully saturated rings. The molecule has 0 saturated heterocycles. The average molecular weight is 428 g/mol. The fourth-order valence-corrected chi connectivity index (χ4v) is 4.20. The summed E-state index contributed by atoms with van der Waals surface area (Å²) >= 11 is 0. The zero-order valence-corrected chi connectivity index (χ0v) is 16.6. The van der Waals surface area contributed by atoms with Gasteiger partial charge in [-0.3, -0.25) is 4.79 Å². The lowest BCUT2D eigenvalue weighted by Gasteiger charge is -2.12. The van der Waals surface area contributed by atoms with E-state index in [-0.39, 0.29) is 29.0 Å². The molecule has 156 valence electrons. The highest BCUT2D eigenvalue weighted by atomic mass is 32.2. The van der Waals surface area contributed by atoms with Crippen molar-refractivity contribution < 1.29 is 31.1 Å². The van der Waals surface area contributed by atoms with Gasteiger partial charge in [-0.15, -0.1) is 0 Å². The zero-order chi connectivity index (χ0) is 21.8. The topological polar surface area (TPSA) is 89.2 Å². The first-order valence-corrected chi connectivity index (χ1v) is 10.3. The number of esters is 1. The van der Waals surface area contributed by atoms with Gasteiger partial charge in [0.25, 0.3) is 0 Å². The van der Waals surface area contributed by atoms with Crippen molar-refractivity contribution in [3.63, 3.8) is 0 Å². The summed E-state index contributed by atoms with van der Waals surface area (Å²) in [6.07, 6.45) is -1.29. The van der Waals surface area contributed by atoms with Gasteiger partial charge in [0.2, 0.25) is 0 Å². The van der Waals surface area contributed by atoms with E-state index in [1.807, 2.05) is 6.07 Å². The largest absolute Gasteiger partial charge is 0.468 e. The number of hydrogen-bond acceptors (Lipinski definition) is 5. The van der Waals surface area contributed by atoms with Gasteiger partial charge < -0.3 is 9.30 Å². The van der Waals surface area contributed by atoms with E-state index in [2.05, 4.69) is 4.74 Å². The van der Waals surface area contributed by atoms with E-state index < -0.39 is 32.4 Å². The molecule has 29 heavy (non-hydrogen) atoms. The number of methoxy groups -OCH3 is 1. The molecular weight excluding hydrogens is 409 g/mol. The van der Waals surface area contributed by atoms with Crippen LogP contribution in [0.1, 0.15) is 30.9 Å². The number of halogens is 3. The Morgan fingerprint density at radius 1 is 1.24 bits per heavy atom. The number of aromatic nitrogens is 1. The van der Waals surface area contributed by atoms with Gasteiger partial charge >= 0.3 is 12.1 Å². The minimum Gasteiger partial charge on any atom is -0.468 e. The Bertz CT molecular complexity index is 1050. The van der Waals surface area contributed by atoms with Gasteiger partial charge in [-0.2, -0.15) is 18.4 Å². The second-order valence-corrected chi connectivity index (χ2v) is 8.47. The SMILES string of the molecule is CCCCS(=O)(=O)c1cc(-c2cn(CC(=O)OC)cc2C#N)cc(C(F)(F)F)c1. The number of nitriles is 1. The van der Waals surface area contributed by atoms with Crippen molar-refractivity contribution in [1.82, 2.24) is 4.57 Å². The summed E-state index contributed by atoms with van der Waals surface area (Å²) in [4.78, 5) is 11.0. The first-order chi connectivity index (χ1) is 13.5. The zero-order valence-electron chi connectivity index (χ0n) is 15.8. The van der Waals surface area contributed by atoms with Crippen molar-refractivity contribution >= 4 is 15.8 Å². The molecule has 0 bridgehead atoms. The molecule has 0 unspecified atom stereocenters.